The molecule has 0 spiro atoms. The van der Waals surface area contributed by atoms with Gasteiger partial charge in [0.15, 0.2) is 12.3 Å². The molecule has 1 unspecified atom stereocenters. The second kappa shape index (κ2) is 18.0. The van der Waals surface area contributed by atoms with E-state index < -0.39 is 65.9 Å². The molecule has 0 aliphatic carbocycles. The number of unbranched alkanes of at least 4 members (excludes halogenated alkanes) is 1. The summed E-state index contributed by atoms with van der Waals surface area (Å²) in [5, 5.41) is 35.4. The fraction of sp³-hybridized carbons (Fsp3) is 0.871. The number of aliphatic carboxylic acids is 1. The number of methoxy groups -OCH3 is 2. The van der Waals surface area contributed by atoms with E-state index in [1.807, 2.05) is 39.8 Å². The maximum absolute atomic E-state index is 13.4. The molecule has 3 N–H and O–H groups in total. The normalized spacial score (nSPS) is 36.6. The van der Waals surface area contributed by atoms with Gasteiger partial charge in [0.05, 0.1) is 24.4 Å². The Bertz CT molecular complexity index is 938. The van der Waals surface area contributed by atoms with Crippen LogP contribution in [0, 0.1) is 17.3 Å². The number of aliphatic hydroxyl groups excluding tert-OH is 2. The summed E-state index contributed by atoms with van der Waals surface area (Å²) in [6, 6.07) is 0. The Morgan fingerprint density at radius 1 is 1.09 bits per heavy atom. The third-order valence-corrected chi connectivity index (χ3v) is 9.57. The molecule has 13 heteroatoms. The number of nitrogens with one attached hydrogen (secondary N) is 1. The Morgan fingerprint density at radius 2 is 1.77 bits per heavy atom. The van der Waals surface area contributed by atoms with Crippen molar-refractivity contribution in [2.45, 2.75) is 134 Å². The number of carbonyl (C=O) groups excluding carboxylic acids is 2. The first-order chi connectivity index (χ1) is 20.3. The van der Waals surface area contributed by atoms with E-state index >= 15 is 0 Å². The van der Waals surface area contributed by atoms with E-state index in [2.05, 4.69) is 12.2 Å². The monoisotopic (exact) mass is 653 g/mol. The van der Waals surface area contributed by atoms with Crippen LogP contribution in [0.2, 0.25) is 0 Å². The Hall–Kier alpha value is -0.00364. The Labute approximate surface area is 304 Å². The molecule has 11 atom stereocenters. The summed E-state index contributed by atoms with van der Waals surface area (Å²) in [5.74, 6) is -2.91. The number of carbonyl (C=O) groups is 2. The van der Waals surface area contributed by atoms with Gasteiger partial charge in [-0.15, -0.1) is 0 Å². The van der Waals surface area contributed by atoms with Crippen LogP contribution in [-0.4, -0.2) is 97.8 Å². The third kappa shape index (κ3) is 9.77. The molecule has 0 aromatic heterocycles. The van der Waals surface area contributed by atoms with Crippen LogP contribution in [0.3, 0.4) is 0 Å². The van der Waals surface area contributed by atoms with Gasteiger partial charge in [0.2, 0.25) is 5.79 Å². The van der Waals surface area contributed by atoms with E-state index in [1.54, 1.807) is 7.11 Å². The average Bonchev–Trinajstić information content (AvgIpc) is 2.95. The molecular weight excluding hydrogens is 601 g/mol. The quantitative estimate of drug-likeness (QED) is 0.112. The van der Waals surface area contributed by atoms with Crippen molar-refractivity contribution in [3.63, 3.8) is 0 Å². The first-order valence-corrected chi connectivity index (χ1v) is 15.4. The summed E-state index contributed by atoms with van der Waals surface area (Å²) in [5.41, 5.74) is -0.550. The van der Waals surface area contributed by atoms with E-state index in [0.29, 0.717) is 32.1 Å². The molecule has 1 amide bonds. The number of hydrogen-bond acceptors (Lipinski definition) is 11. The van der Waals surface area contributed by atoms with Crippen LogP contribution in [-0.2, 0) is 38.0 Å². The fourth-order valence-corrected chi connectivity index (χ4v) is 6.53. The van der Waals surface area contributed by atoms with Crippen molar-refractivity contribution in [2.24, 2.45) is 17.3 Å². The van der Waals surface area contributed by atoms with E-state index in [4.69, 9.17) is 28.4 Å². The second-order valence-corrected chi connectivity index (χ2v) is 12.9. The number of fused-ring (bicyclic) bond motifs is 1. The summed E-state index contributed by atoms with van der Waals surface area (Å²) in [7, 11) is 3.02. The van der Waals surface area contributed by atoms with E-state index in [1.165, 1.54) is 7.11 Å². The first kappa shape index (κ1) is 40.2. The number of allylic oxidation sites excluding steroid dienone is 2. The summed E-state index contributed by atoms with van der Waals surface area (Å²) in [6.07, 6.45) is 1.07. The van der Waals surface area contributed by atoms with E-state index in [-0.39, 0.29) is 82.5 Å². The van der Waals surface area contributed by atoms with Crippen molar-refractivity contribution >= 4 is 11.9 Å². The largest absolute Gasteiger partial charge is 1.00 e. The van der Waals surface area contributed by atoms with Crippen LogP contribution in [0.4, 0.5) is 0 Å². The van der Waals surface area contributed by atoms with Gasteiger partial charge in [-0.3, -0.25) is 4.79 Å². The molecule has 3 fully saturated rings. The molecule has 12 nitrogen and oxygen atoms in total. The van der Waals surface area contributed by atoms with Crippen molar-refractivity contribution in [1.82, 2.24) is 5.32 Å². The number of aliphatic hydroxyl groups is 2. The van der Waals surface area contributed by atoms with Crippen LogP contribution in [0.1, 0.15) is 79.6 Å². The summed E-state index contributed by atoms with van der Waals surface area (Å²) in [6.45, 7) is 9.90. The molecule has 0 bridgehead atoms. The number of carboxylic acid groups (broad SMARTS) is 1. The SMILES string of the molecule is CO[C@@H]1[C@H]2OCO[C@@H](NC(=O)[C@@H](O)[C@@]3(OC)CC(C)[C@@H](C)[C@@H](C)O3)[C@H]2O[C@H](C[C@H](O)CCC/C=C/CCC(=O)[O-])C1(C)C.[K+]. The molecule has 3 aliphatic heterocycles. The zero-order valence-corrected chi connectivity index (χ0v) is 30.8. The third-order valence-electron chi connectivity index (χ3n) is 9.57. The van der Waals surface area contributed by atoms with Crippen molar-refractivity contribution < 1.29 is 105 Å². The van der Waals surface area contributed by atoms with E-state index in [0.717, 1.165) is 6.42 Å². The van der Waals surface area contributed by atoms with Gasteiger partial charge in [0.25, 0.3) is 5.91 Å². The molecule has 248 valence electrons. The predicted molar refractivity (Wildman–Crippen MR) is 153 cm³/mol. The molecule has 3 aliphatic rings. The van der Waals surface area contributed by atoms with Gasteiger partial charge in [-0.25, -0.2) is 0 Å². The summed E-state index contributed by atoms with van der Waals surface area (Å²) in [4.78, 5) is 23.9. The van der Waals surface area contributed by atoms with Crippen LogP contribution in [0.15, 0.2) is 12.2 Å². The molecule has 0 aromatic carbocycles. The minimum atomic E-state index is -1.62. The summed E-state index contributed by atoms with van der Waals surface area (Å²) >= 11 is 0. The zero-order valence-electron chi connectivity index (χ0n) is 27.7. The molecule has 3 heterocycles. The smallest absolute Gasteiger partial charge is 0.550 e. The van der Waals surface area contributed by atoms with Crippen molar-refractivity contribution in [3.05, 3.63) is 12.2 Å². The number of rotatable bonds is 14. The van der Waals surface area contributed by atoms with Gasteiger partial charge in [-0.1, -0.05) is 39.8 Å². The van der Waals surface area contributed by atoms with Crippen LogP contribution in [0.5, 0.6) is 0 Å². The zero-order chi connectivity index (χ0) is 31.9. The Kier molecular flexibility index (Phi) is 16.4. The molecule has 0 radical (unpaired) electrons. The molecule has 0 saturated carbocycles. The van der Waals surface area contributed by atoms with E-state index in [9.17, 15) is 24.9 Å². The minimum absolute atomic E-state index is 0. The minimum Gasteiger partial charge on any atom is -0.550 e. The topological polar surface area (TPSA) is 165 Å². The number of hydrogen-bond donors (Lipinski definition) is 3. The van der Waals surface area contributed by atoms with Crippen LogP contribution >= 0.6 is 0 Å². The molecule has 0 aromatic rings. The van der Waals surface area contributed by atoms with Crippen molar-refractivity contribution in [2.75, 3.05) is 21.0 Å². The first-order valence-electron chi connectivity index (χ1n) is 15.4. The second-order valence-electron chi connectivity index (χ2n) is 12.9. The molecular formula is C31H52KNO11. The summed E-state index contributed by atoms with van der Waals surface area (Å²) < 4.78 is 35.8. The standard InChI is InChI=1S/C31H53NO11.K/c1-18-16-31(39-7,43-20(3)19(18)2)26(36)28(37)32-29-25-24(40-17-41-29)27(38-6)30(4,5)22(42-25)15-21(33)13-11-9-8-10-12-14-23(34)35;/h8,10,18-22,24-27,29,33,36H,9,11-17H2,1-7H3,(H,32,37)(H,34,35);/q;+1/p-1/b10-8+;/t18?,19-,20-,21-,22-,24+,25+,26-,27-,29-,31-;/m1./s1. The van der Waals surface area contributed by atoms with Crippen LogP contribution in [0.25, 0.3) is 0 Å². The van der Waals surface area contributed by atoms with Crippen LogP contribution < -0.4 is 61.8 Å². The average molecular weight is 654 g/mol. The van der Waals surface area contributed by atoms with Gasteiger partial charge in [0.1, 0.15) is 19.0 Å². The molecule has 3 saturated heterocycles. The number of amides is 1. The predicted octanol–water partition coefficient (Wildman–Crippen LogP) is -1.59. The van der Waals surface area contributed by atoms with Crippen molar-refractivity contribution in [1.29, 1.82) is 0 Å². The number of ether oxygens (including phenoxy) is 6. The van der Waals surface area contributed by atoms with Gasteiger partial charge < -0.3 is 53.9 Å². The van der Waals surface area contributed by atoms with Gasteiger partial charge >= 0.3 is 51.4 Å². The maximum Gasteiger partial charge on any atom is 1.00 e. The molecule has 44 heavy (non-hydrogen) atoms. The molecule has 3 rings (SSSR count). The number of carboxylic acids is 1. The fourth-order valence-electron chi connectivity index (χ4n) is 6.53. The maximum atomic E-state index is 13.4. The van der Waals surface area contributed by atoms with Gasteiger partial charge in [-0.2, -0.15) is 0 Å². The van der Waals surface area contributed by atoms with Gasteiger partial charge in [0, 0.05) is 38.4 Å². The van der Waals surface area contributed by atoms with Crippen molar-refractivity contribution in [3.8, 4) is 0 Å². The van der Waals surface area contributed by atoms with Gasteiger partial charge in [-0.05, 0) is 50.9 Å². The Balaban J connectivity index is 0.00000675. The Morgan fingerprint density at radius 3 is 2.39 bits per heavy atom.